The van der Waals surface area contributed by atoms with Crippen LogP contribution in [0.3, 0.4) is 0 Å². The van der Waals surface area contributed by atoms with E-state index in [1.807, 2.05) is 22.8 Å². The van der Waals surface area contributed by atoms with Crippen LogP contribution in [0, 0.1) is 0 Å². The molecule has 0 bridgehead atoms. The zero-order valence-corrected chi connectivity index (χ0v) is 18.2. The first-order valence-electron chi connectivity index (χ1n) is 11.4. The molecule has 30 heavy (non-hydrogen) atoms. The van der Waals surface area contributed by atoms with Crippen LogP contribution in [0.25, 0.3) is 11.0 Å². The summed E-state index contributed by atoms with van der Waals surface area (Å²) in [5.74, 6) is 0. The standard InChI is InChI=1S/C25H30ClN3O/c26-20-10-11-22-23(18-20)29(24(30)27-22)21-12-16-28(17-13-21)25(14-6-1-2-7-15-25)19-8-4-3-5-9-19/h3-5,8-11,18,21H,1-2,6-7,12-17H2,(H,27,30). The fraction of sp³-hybridized carbons (Fsp3) is 0.480. The summed E-state index contributed by atoms with van der Waals surface area (Å²) in [4.78, 5) is 18.4. The molecule has 1 aliphatic heterocycles. The average molecular weight is 424 g/mol. The number of imidazole rings is 1. The van der Waals surface area contributed by atoms with Gasteiger partial charge in [-0.3, -0.25) is 9.47 Å². The molecule has 3 aromatic rings. The molecule has 4 nitrogen and oxygen atoms in total. The van der Waals surface area contributed by atoms with Crippen LogP contribution in [0.4, 0.5) is 0 Å². The summed E-state index contributed by atoms with van der Waals surface area (Å²) in [7, 11) is 0. The molecule has 2 fully saturated rings. The van der Waals surface area contributed by atoms with Crippen LogP contribution < -0.4 is 5.69 Å². The Hall–Kier alpha value is -2.04. The van der Waals surface area contributed by atoms with Gasteiger partial charge in [-0.25, -0.2) is 4.79 Å². The van der Waals surface area contributed by atoms with Crippen molar-refractivity contribution in [3.63, 3.8) is 0 Å². The number of benzene rings is 2. The molecular weight excluding hydrogens is 394 g/mol. The van der Waals surface area contributed by atoms with E-state index in [1.54, 1.807) is 0 Å². The second-order valence-electron chi connectivity index (χ2n) is 8.99. The lowest BCUT2D eigenvalue weighted by atomic mass is 9.79. The Morgan fingerprint density at radius 3 is 2.33 bits per heavy atom. The van der Waals surface area contributed by atoms with Gasteiger partial charge in [0.1, 0.15) is 0 Å². The predicted octanol–water partition coefficient (Wildman–Crippen LogP) is 5.87. The second-order valence-corrected chi connectivity index (χ2v) is 9.43. The lowest BCUT2D eigenvalue weighted by molar-refractivity contribution is 0.0356. The van der Waals surface area contributed by atoms with Crippen molar-refractivity contribution in [3.05, 3.63) is 69.6 Å². The van der Waals surface area contributed by atoms with Crippen molar-refractivity contribution < 1.29 is 0 Å². The summed E-state index contributed by atoms with van der Waals surface area (Å²) in [6, 6.07) is 17.0. The maximum atomic E-state index is 12.7. The third-order valence-corrected chi connectivity index (χ3v) is 7.59. The summed E-state index contributed by atoms with van der Waals surface area (Å²) in [5, 5.41) is 0.675. The third kappa shape index (κ3) is 3.50. The summed E-state index contributed by atoms with van der Waals surface area (Å²) in [6.07, 6.45) is 9.76. The molecule has 2 aliphatic rings. The first kappa shape index (κ1) is 19.9. The van der Waals surface area contributed by atoms with E-state index in [-0.39, 0.29) is 17.3 Å². The van der Waals surface area contributed by atoms with E-state index < -0.39 is 0 Å². The minimum Gasteiger partial charge on any atom is -0.306 e. The topological polar surface area (TPSA) is 41.0 Å². The molecule has 0 amide bonds. The molecule has 2 aromatic carbocycles. The molecule has 1 aromatic heterocycles. The van der Waals surface area contributed by atoms with E-state index in [0.29, 0.717) is 5.02 Å². The minimum atomic E-state index is -0.0158. The lowest BCUT2D eigenvalue weighted by Gasteiger charge is -2.47. The van der Waals surface area contributed by atoms with Crippen LogP contribution in [-0.4, -0.2) is 27.5 Å². The number of aromatic amines is 1. The zero-order chi connectivity index (χ0) is 20.6. The maximum absolute atomic E-state index is 12.7. The molecule has 1 saturated heterocycles. The predicted molar refractivity (Wildman–Crippen MR) is 123 cm³/mol. The van der Waals surface area contributed by atoms with Crippen LogP contribution in [0.15, 0.2) is 53.3 Å². The van der Waals surface area contributed by atoms with Crippen LogP contribution in [0.2, 0.25) is 5.02 Å². The number of aromatic nitrogens is 2. The van der Waals surface area contributed by atoms with Crippen molar-refractivity contribution in [2.75, 3.05) is 13.1 Å². The minimum absolute atomic E-state index is 0.0158. The second kappa shape index (κ2) is 8.24. The molecule has 0 radical (unpaired) electrons. The van der Waals surface area contributed by atoms with Gasteiger partial charge < -0.3 is 4.98 Å². The summed E-state index contributed by atoms with van der Waals surface area (Å²) >= 11 is 6.23. The largest absolute Gasteiger partial charge is 0.326 e. The van der Waals surface area contributed by atoms with Crippen molar-refractivity contribution in [3.8, 4) is 0 Å². The van der Waals surface area contributed by atoms with Crippen molar-refractivity contribution in [2.45, 2.75) is 62.9 Å². The Kier molecular flexibility index (Phi) is 5.46. The van der Waals surface area contributed by atoms with Gasteiger partial charge in [-0.2, -0.15) is 0 Å². The summed E-state index contributed by atoms with van der Waals surface area (Å²) < 4.78 is 1.95. The first-order valence-corrected chi connectivity index (χ1v) is 11.8. The smallest absolute Gasteiger partial charge is 0.306 e. The molecule has 5 rings (SSSR count). The average Bonchev–Trinajstić information content (AvgIpc) is 2.93. The monoisotopic (exact) mass is 423 g/mol. The number of hydrogen-bond acceptors (Lipinski definition) is 2. The normalized spacial score (nSPS) is 21.0. The fourth-order valence-electron chi connectivity index (χ4n) is 5.86. The fourth-order valence-corrected chi connectivity index (χ4v) is 6.02. The number of nitrogens with zero attached hydrogens (tertiary/aromatic N) is 2. The Morgan fingerprint density at radius 2 is 1.63 bits per heavy atom. The van der Waals surface area contributed by atoms with Crippen LogP contribution in [-0.2, 0) is 5.54 Å². The Labute approximate surface area is 182 Å². The van der Waals surface area contributed by atoms with Crippen molar-refractivity contribution >= 4 is 22.6 Å². The highest BCUT2D eigenvalue weighted by Crippen LogP contribution is 2.43. The number of rotatable bonds is 3. The van der Waals surface area contributed by atoms with Gasteiger partial charge in [0.2, 0.25) is 0 Å². The van der Waals surface area contributed by atoms with Gasteiger partial charge >= 0.3 is 5.69 Å². The van der Waals surface area contributed by atoms with E-state index in [0.717, 1.165) is 37.0 Å². The highest BCUT2D eigenvalue weighted by atomic mass is 35.5. The number of H-pyrrole nitrogens is 1. The van der Waals surface area contributed by atoms with Crippen molar-refractivity contribution in [1.29, 1.82) is 0 Å². The molecule has 0 spiro atoms. The quantitative estimate of drug-likeness (QED) is 0.535. The van der Waals surface area contributed by atoms with Gasteiger partial charge in [-0.1, -0.05) is 67.6 Å². The zero-order valence-electron chi connectivity index (χ0n) is 17.4. The third-order valence-electron chi connectivity index (χ3n) is 7.36. The number of halogens is 1. The van der Waals surface area contributed by atoms with Gasteiger partial charge in [0.15, 0.2) is 0 Å². The highest BCUT2D eigenvalue weighted by Gasteiger charge is 2.40. The van der Waals surface area contributed by atoms with E-state index in [2.05, 4.69) is 40.2 Å². The summed E-state index contributed by atoms with van der Waals surface area (Å²) in [6.45, 7) is 2.05. The van der Waals surface area contributed by atoms with Crippen LogP contribution in [0.5, 0.6) is 0 Å². The molecule has 1 N–H and O–H groups in total. The van der Waals surface area contributed by atoms with Gasteiger partial charge in [0.25, 0.3) is 0 Å². The highest BCUT2D eigenvalue weighted by molar-refractivity contribution is 6.31. The molecular formula is C25H30ClN3O. The molecule has 0 unspecified atom stereocenters. The van der Waals surface area contributed by atoms with Crippen molar-refractivity contribution in [2.24, 2.45) is 0 Å². The Bertz CT molecular complexity index is 1050. The lowest BCUT2D eigenvalue weighted by Crippen LogP contribution is -2.50. The van der Waals surface area contributed by atoms with Gasteiger partial charge in [-0.15, -0.1) is 0 Å². The number of hydrogen-bond donors (Lipinski definition) is 1. The molecule has 5 heteroatoms. The first-order chi connectivity index (χ1) is 14.7. The van der Waals surface area contributed by atoms with Crippen molar-refractivity contribution in [1.82, 2.24) is 14.5 Å². The Balaban J connectivity index is 1.43. The molecule has 1 saturated carbocycles. The van der Waals surface area contributed by atoms with Crippen LogP contribution >= 0.6 is 11.6 Å². The molecule has 1 aliphatic carbocycles. The maximum Gasteiger partial charge on any atom is 0.326 e. The molecule has 158 valence electrons. The number of likely N-dealkylation sites (tertiary alicyclic amines) is 1. The van der Waals surface area contributed by atoms with Gasteiger partial charge in [0.05, 0.1) is 11.0 Å². The number of fused-ring (bicyclic) bond motifs is 1. The van der Waals surface area contributed by atoms with Crippen LogP contribution in [0.1, 0.15) is 63.0 Å². The van der Waals surface area contributed by atoms with E-state index >= 15 is 0 Å². The van der Waals surface area contributed by atoms with Gasteiger partial charge in [0, 0.05) is 29.7 Å². The SMILES string of the molecule is O=c1[nH]c2ccc(Cl)cc2n1C1CCN(C2(c3ccccc3)CCCCCC2)CC1. The summed E-state index contributed by atoms with van der Waals surface area (Å²) in [5.41, 5.74) is 3.41. The molecule has 2 heterocycles. The van der Waals surface area contributed by atoms with E-state index in [9.17, 15) is 4.79 Å². The molecule has 0 atom stereocenters. The van der Waals surface area contributed by atoms with Gasteiger partial charge in [-0.05, 0) is 49.4 Å². The number of nitrogens with one attached hydrogen (secondary N) is 1. The number of piperidine rings is 1. The van der Waals surface area contributed by atoms with E-state index in [1.165, 1.54) is 44.1 Å². The van der Waals surface area contributed by atoms with E-state index in [4.69, 9.17) is 11.6 Å². The Morgan fingerprint density at radius 1 is 0.933 bits per heavy atom.